The molecular weight excluding hydrogens is 330 g/mol. The lowest BCUT2D eigenvalue weighted by Gasteiger charge is -2.27. The number of carbonyl (C=O) groups excluding carboxylic acids is 2. The highest BCUT2D eigenvalue weighted by molar-refractivity contribution is 6.05. The standard InChI is InChI=1S/C17H18F2N4O2/c18-13-10-12(2-1-6-22-8-4-20-5-9-22)11-14(19)16(13)23-7-3-15(24)21-17(23)25/h10-11,20H,3-9H2,(H,21,24,25). The third-order valence-electron chi connectivity index (χ3n) is 4.09. The van der Waals surface area contributed by atoms with Crippen molar-refractivity contribution in [1.82, 2.24) is 15.5 Å². The molecule has 8 heteroatoms. The number of benzene rings is 1. The van der Waals surface area contributed by atoms with E-state index >= 15 is 0 Å². The van der Waals surface area contributed by atoms with Crippen LogP contribution < -0.4 is 15.5 Å². The van der Waals surface area contributed by atoms with Gasteiger partial charge in [-0.1, -0.05) is 11.8 Å². The minimum Gasteiger partial charge on any atom is -0.314 e. The van der Waals surface area contributed by atoms with Crippen molar-refractivity contribution in [3.05, 3.63) is 29.3 Å². The van der Waals surface area contributed by atoms with Crippen molar-refractivity contribution in [2.75, 3.05) is 44.2 Å². The van der Waals surface area contributed by atoms with Crippen LogP contribution in [0.5, 0.6) is 0 Å². The minimum atomic E-state index is -0.879. The Morgan fingerprint density at radius 2 is 1.76 bits per heavy atom. The maximum atomic E-state index is 14.3. The summed E-state index contributed by atoms with van der Waals surface area (Å²) in [5.74, 6) is 3.46. The van der Waals surface area contributed by atoms with Crippen LogP contribution in [0.25, 0.3) is 0 Å². The van der Waals surface area contributed by atoms with E-state index < -0.39 is 29.3 Å². The third-order valence-corrected chi connectivity index (χ3v) is 4.09. The van der Waals surface area contributed by atoms with E-state index in [1.807, 2.05) is 5.32 Å². The minimum absolute atomic E-state index is 0.00311. The summed E-state index contributed by atoms with van der Waals surface area (Å²) in [5, 5.41) is 5.28. The van der Waals surface area contributed by atoms with Gasteiger partial charge in [0.1, 0.15) is 5.69 Å². The largest absolute Gasteiger partial charge is 0.328 e. The fourth-order valence-electron chi connectivity index (χ4n) is 2.80. The molecule has 0 bridgehead atoms. The highest BCUT2D eigenvalue weighted by Gasteiger charge is 2.28. The molecule has 6 nitrogen and oxygen atoms in total. The van der Waals surface area contributed by atoms with Crippen LogP contribution in [0.2, 0.25) is 0 Å². The number of hydrogen-bond donors (Lipinski definition) is 2. The smallest absolute Gasteiger partial charge is 0.314 e. The first-order chi connectivity index (χ1) is 12.0. The van der Waals surface area contributed by atoms with Gasteiger partial charge in [0.05, 0.1) is 6.54 Å². The van der Waals surface area contributed by atoms with Crippen molar-refractivity contribution >= 4 is 17.6 Å². The van der Waals surface area contributed by atoms with E-state index in [1.54, 1.807) is 0 Å². The van der Waals surface area contributed by atoms with Gasteiger partial charge in [0, 0.05) is 44.7 Å². The van der Waals surface area contributed by atoms with E-state index in [9.17, 15) is 18.4 Å². The van der Waals surface area contributed by atoms with Crippen molar-refractivity contribution in [2.45, 2.75) is 6.42 Å². The highest BCUT2D eigenvalue weighted by Crippen LogP contribution is 2.26. The summed E-state index contributed by atoms with van der Waals surface area (Å²) in [4.78, 5) is 26.0. The third kappa shape index (κ3) is 4.13. The first kappa shape index (κ1) is 17.3. The second-order valence-electron chi connectivity index (χ2n) is 5.87. The van der Waals surface area contributed by atoms with Crippen LogP contribution in [0.15, 0.2) is 12.1 Å². The van der Waals surface area contributed by atoms with Gasteiger partial charge in [-0.3, -0.25) is 19.9 Å². The number of piperazine rings is 1. The Kier molecular flexibility index (Phi) is 5.26. The lowest BCUT2D eigenvalue weighted by atomic mass is 10.1. The van der Waals surface area contributed by atoms with Crippen LogP contribution >= 0.6 is 0 Å². The zero-order chi connectivity index (χ0) is 17.8. The fourth-order valence-corrected chi connectivity index (χ4v) is 2.80. The molecule has 2 fully saturated rings. The van der Waals surface area contributed by atoms with Crippen molar-refractivity contribution in [1.29, 1.82) is 0 Å². The van der Waals surface area contributed by atoms with E-state index in [2.05, 4.69) is 22.1 Å². The summed E-state index contributed by atoms with van der Waals surface area (Å²) in [6.45, 7) is 4.05. The summed E-state index contributed by atoms with van der Waals surface area (Å²) in [6, 6.07) is 1.38. The van der Waals surface area contributed by atoms with Gasteiger partial charge in [-0.2, -0.15) is 0 Å². The maximum Gasteiger partial charge on any atom is 0.328 e. The molecule has 25 heavy (non-hydrogen) atoms. The van der Waals surface area contributed by atoms with E-state index in [0.717, 1.165) is 43.2 Å². The quantitative estimate of drug-likeness (QED) is 0.771. The van der Waals surface area contributed by atoms with Crippen LogP contribution in [0.4, 0.5) is 19.3 Å². The summed E-state index contributed by atoms with van der Waals surface area (Å²) in [7, 11) is 0. The molecule has 0 unspecified atom stereocenters. The molecule has 1 aromatic rings. The predicted octanol–water partition coefficient (Wildman–Crippen LogP) is 0.668. The number of halogens is 2. The molecule has 2 aliphatic heterocycles. The molecular formula is C17H18F2N4O2. The molecule has 0 saturated carbocycles. The van der Waals surface area contributed by atoms with Crippen LogP contribution in [0, 0.1) is 23.5 Å². The van der Waals surface area contributed by atoms with Crippen LogP contribution in [-0.4, -0.2) is 56.1 Å². The van der Waals surface area contributed by atoms with Gasteiger partial charge in [0.25, 0.3) is 0 Å². The molecule has 2 N–H and O–H groups in total. The van der Waals surface area contributed by atoms with E-state index in [4.69, 9.17) is 0 Å². The summed E-state index contributed by atoms with van der Waals surface area (Å²) in [6.07, 6.45) is -0.00311. The maximum absolute atomic E-state index is 14.3. The summed E-state index contributed by atoms with van der Waals surface area (Å²) < 4.78 is 28.6. The van der Waals surface area contributed by atoms with Crippen molar-refractivity contribution in [3.8, 4) is 11.8 Å². The van der Waals surface area contributed by atoms with E-state index in [1.165, 1.54) is 0 Å². The van der Waals surface area contributed by atoms with Gasteiger partial charge in [0.15, 0.2) is 11.6 Å². The number of carbonyl (C=O) groups is 2. The average Bonchev–Trinajstić information content (AvgIpc) is 2.57. The lowest BCUT2D eigenvalue weighted by Crippen LogP contribution is -2.50. The monoisotopic (exact) mass is 348 g/mol. The molecule has 3 rings (SSSR count). The number of rotatable bonds is 2. The first-order valence-electron chi connectivity index (χ1n) is 8.07. The predicted molar refractivity (Wildman–Crippen MR) is 88.0 cm³/mol. The second-order valence-corrected chi connectivity index (χ2v) is 5.87. The molecule has 2 aliphatic rings. The summed E-state index contributed by atoms with van der Waals surface area (Å²) >= 11 is 0. The molecule has 2 saturated heterocycles. The second kappa shape index (κ2) is 7.59. The van der Waals surface area contributed by atoms with E-state index in [0.29, 0.717) is 6.54 Å². The molecule has 0 aromatic heterocycles. The van der Waals surface area contributed by atoms with Crippen LogP contribution in [0.1, 0.15) is 12.0 Å². The van der Waals surface area contributed by atoms with Gasteiger partial charge < -0.3 is 5.32 Å². The number of nitrogens with one attached hydrogen (secondary N) is 2. The van der Waals surface area contributed by atoms with Gasteiger partial charge in [-0.15, -0.1) is 0 Å². The molecule has 0 radical (unpaired) electrons. The van der Waals surface area contributed by atoms with Crippen LogP contribution in [0.3, 0.4) is 0 Å². The van der Waals surface area contributed by atoms with Gasteiger partial charge in [-0.05, 0) is 12.1 Å². The molecule has 1 aromatic carbocycles. The SMILES string of the molecule is O=C1CCN(c2c(F)cc(C#CCN3CCNCC3)cc2F)C(=O)N1. The first-order valence-corrected chi connectivity index (χ1v) is 8.07. The Morgan fingerprint density at radius 1 is 1.08 bits per heavy atom. The Labute approximate surface area is 144 Å². The molecule has 2 heterocycles. The molecule has 0 spiro atoms. The van der Waals surface area contributed by atoms with E-state index in [-0.39, 0.29) is 18.5 Å². The highest BCUT2D eigenvalue weighted by atomic mass is 19.1. The number of urea groups is 1. The number of amides is 3. The van der Waals surface area contributed by atoms with Crippen molar-refractivity contribution < 1.29 is 18.4 Å². The van der Waals surface area contributed by atoms with Crippen LogP contribution in [-0.2, 0) is 4.79 Å². The molecule has 3 amide bonds. The number of nitrogens with zero attached hydrogens (tertiary/aromatic N) is 2. The number of hydrogen-bond acceptors (Lipinski definition) is 4. The lowest BCUT2D eigenvalue weighted by molar-refractivity contribution is -0.120. The van der Waals surface area contributed by atoms with Crippen molar-refractivity contribution in [2.24, 2.45) is 0 Å². The number of anilines is 1. The van der Waals surface area contributed by atoms with Gasteiger partial charge >= 0.3 is 6.03 Å². The Morgan fingerprint density at radius 3 is 2.40 bits per heavy atom. The number of imide groups is 1. The normalized spacial score (nSPS) is 18.6. The molecule has 0 aliphatic carbocycles. The Balaban J connectivity index is 1.74. The van der Waals surface area contributed by atoms with Crippen molar-refractivity contribution in [3.63, 3.8) is 0 Å². The Hall–Kier alpha value is -2.50. The van der Waals surface area contributed by atoms with Gasteiger partial charge in [0.2, 0.25) is 5.91 Å². The van der Waals surface area contributed by atoms with Gasteiger partial charge in [-0.25, -0.2) is 13.6 Å². The molecule has 132 valence electrons. The fraction of sp³-hybridized carbons (Fsp3) is 0.412. The molecule has 0 atom stereocenters. The topological polar surface area (TPSA) is 64.7 Å². The Bertz CT molecular complexity index is 728. The zero-order valence-corrected chi connectivity index (χ0v) is 13.6. The average molecular weight is 348 g/mol. The zero-order valence-electron chi connectivity index (χ0n) is 13.6. The summed E-state index contributed by atoms with van der Waals surface area (Å²) in [5.41, 5.74) is -0.250.